The second-order valence-electron chi connectivity index (χ2n) is 29.2. The number of hydrogen-bond donors (Lipinski definition) is 0. The zero-order valence-corrected chi connectivity index (χ0v) is 62.5. The zero-order valence-electron chi connectivity index (χ0n) is 61.7. The van der Waals surface area contributed by atoms with Crippen molar-refractivity contribution >= 4 is 119 Å². The molecular weight excluding hydrogens is 1400 g/mol. The van der Waals surface area contributed by atoms with Crippen LogP contribution in [-0.4, -0.2) is 33.6 Å². The summed E-state index contributed by atoms with van der Waals surface area (Å²) in [6.07, 6.45) is 0. The Morgan fingerprint density at radius 2 is 0.447 bits per heavy atom. The number of aromatic nitrogens is 7. The summed E-state index contributed by atoms with van der Waals surface area (Å²) < 4.78 is 9.76. The number of benzene rings is 17. The molecule has 0 bridgehead atoms. The summed E-state index contributed by atoms with van der Waals surface area (Å²) in [4.78, 5) is 20.2. The number of para-hydroxylation sites is 6. The molecule has 0 radical (unpaired) electrons. The highest BCUT2D eigenvalue weighted by Crippen LogP contribution is 2.43. The van der Waals surface area contributed by atoms with Gasteiger partial charge in [0, 0.05) is 103 Å². The molecule has 17 aromatic carbocycles. The second kappa shape index (κ2) is 27.6. The fourth-order valence-electron chi connectivity index (χ4n) is 17.0. The number of hydrogen-bond acceptors (Lipinski definition) is 5. The molecule has 0 aliphatic heterocycles. The van der Waals surface area contributed by atoms with Crippen LogP contribution in [0.4, 0.5) is 0 Å². The van der Waals surface area contributed by atoms with Crippen molar-refractivity contribution in [1.29, 1.82) is 0 Å². The van der Waals surface area contributed by atoms with Crippen LogP contribution in [0.3, 0.4) is 0 Å². The summed E-state index contributed by atoms with van der Waals surface area (Å²) in [5, 5.41) is 12.2. The van der Waals surface area contributed by atoms with E-state index in [4.69, 9.17) is 19.9 Å². The first kappa shape index (κ1) is 66.1. The monoisotopic (exact) mass is 1470 g/mol. The number of thiophene rings is 1. The van der Waals surface area contributed by atoms with Gasteiger partial charge in [0.05, 0.1) is 55.5 Å². The van der Waals surface area contributed by atoms with Gasteiger partial charge < -0.3 is 13.7 Å². The van der Waals surface area contributed by atoms with E-state index in [2.05, 4.69) is 384 Å². The topological polar surface area (TPSA) is 66.3 Å². The molecule has 8 heteroatoms. The van der Waals surface area contributed by atoms with Crippen LogP contribution in [-0.2, 0) is 0 Å². The van der Waals surface area contributed by atoms with Gasteiger partial charge in [-0.05, 0) is 190 Å². The minimum Gasteiger partial charge on any atom is -0.309 e. The van der Waals surface area contributed by atoms with Crippen molar-refractivity contribution in [3.8, 4) is 107 Å². The molecule has 7 nitrogen and oxygen atoms in total. The van der Waals surface area contributed by atoms with Crippen molar-refractivity contribution in [2.75, 3.05) is 0 Å². The van der Waals surface area contributed by atoms with E-state index in [1.807, 2.05) is 47.7 Å². The van der Waals surface area contributed by atoms with E-state index >= 15 is 0 Å². The molecule has 0 atom stereocenters. The largest absolute Gasteiger partial charge is 0.309 e. The maximum atomic E-state index is 5.11. The highest BCUT2D eigenvalue weighted by Gasteiger charge is 2.21. The molecule has 6 aromatic heterocycles. The van der Waals surface area contributed by atoms with Crippen LogP contribution in [0.25, 0.3) is 214 Å². The van der Waals surface area contributed by atoms with Crippen molar-refractivity contribution in [3.63, 3.8) is 0 Å². The fourth-order valence-corrected chi connectivity index (χ4v) is 18.1. The maximum absolute atomic E-state index is 5.11. The first-order valence-electron chi connectivity index (χ1n) is 38.6. The van der Waals surface area contributed by atoms with Gasteiger partial charge in [-0.1, -0.05) is 261 Å². The van der Waals surface area contributed by atoms with E-state index < -0.39 is 0 Å². The van der Waals surface area contributed by atoms with Gasteiger partial charge in [0.25, 0.3) is 0 Å². The van der Waals surface area contributed by atoms with E-state index in [-0.39, 0.29) is 0 Å². The van der Waals surface area contributed by atoms with Gasteiger partial charge in [0.1, 0.15) is 0 Å². The Hall–Kier alpha value is -15.0. The molecule has 0 unspecified atom stereocenters. The lowest BCUT2D eigenvalue weighted by atomic mass is 9.98. The summed E-state index contributed by atoms with van der Waals surface area (Å²) in [7, 11) is 0. The molecule has 23 aromatic rings. The Kier molecular flexibility index (Phi) is 16.0. The Morgan fingerprint density at radius 1 is 0.167 bits per heavy atom. The van der Waals surface area contributed by atoms with Crippen LogP contribution < -0.4 is 0 Å². The molecule has 0 aliphatic rings. The van der Waals surface area contributed by atoms with Gasteiger partial charge in [-0.3, -0.25) is 0 Å². The van der Waals surface area contributed by atoms with E-state index in [9.17, 15) is 0 Å². The molecule has 6 heterocycles. The van der Waals surface area contributed by atoms with Gasteiger partial charge in [0.2, 0.25) is 0 Å². The van der Waals surface area contributed by atoms with Crippen LogP contribution in [0, 0.1) is 0 Å². The number of nitrogens with zero attached hydrogens (tertiary/aromatic N) is 7. The Morgan fingerprint density at radius 3 is 0.851 bits per heavy atom. The summed E-state index contributed by atoms with van der Waals surface area (Å²) in [6, 6.07) is 145. The van der Waals surface area contributed by atoms with Gasteiger partial charge in [0.15, 0.2) is 11.6 Å². The summed E-state index contributed by atoms with van der Waals surface area (Å²) in [6.45, 7) is 0. The van der Waals surface area contributed by atoms with Crippen molar-refractivity contribution in [1.82, 2.24) is 33.6 Å². The molecule has 114 heavy (non-hydrogen) atoms. The highest BCUT2D eigenvalue weighted by atomic mass is 32.1. The van der Waals surface area contributed by atoms with Crippen LogP contribution in [0.5, 0.6) is 0 Å². The van der Waals surface area contributed by atoms with E-state index in [1.165, 1.54) is 136 Å². The van der Waals surface area contributed by atoms with Gasteiger partial charge in [-0.25, -0.2) is 19.9 Å². The highest BCUT2D eigenvalue weighted by molar-refractivity contribution is 7.25. The molecule has 0 spiro atoms. The molecular formula is C106H67N7S. The predicted molar refractivity (Wildman–Crippen MR) is 478 cm³/mol. The van der Waals surface area contributed by atoms with Crippen LogP contribution >= 0.6 is 11.3 Å². The second-order valence-corrected chi connectivity index (χ2v) is 30.3. The molecule has 0 saturated heterocycles. The molecule has 0 amide bonds. The van der Waals surface area contributed by atoms with Crippen LogP contribution in [0.1, 0.15) is 0 Å². The molecule has 23 rings (SSSR count). The molecule has 532 valence electrons. The van der Waals surface area contributed by atoms with Crippen molar-refractivity contribution in [3.05, 3.63) is 406 Å². The van der Waals surface area contributed by atoms with Gasteiger partial charge in [-0.15, -0.1) is 11.3 Å². The average molecular weight is 1470 g/mol. The summed E-state index contributed by atoms with van der Waals surface area (Å²) >= 11 is 1.86. The number of rotatable bonds is 11. The lowest BCUT2D eigenvalue weighted by molar-refractivity contribution is 1.17. The van der Waals surface area contributed by atoms with Crippen LogP contribution in [0.15, 0.2) is 406 Å². The maximum Gasteiger partial charge on any atom is 0.160 e. The van der Waals surface area contributed by atoms with Crippen molar-refractivity contribution in [2.24, 2.45) is 0 Å². The van der Waals surface area contributed by atoms with Gasteiger partial charge in [-0.2, -0.15) is 0 Å². The quantitative estimate of drug-likeness (QED) is 0.129. The Balaban J connectivity index is 0.000000140. The van der Waals surface area contributed by atoms with Crippen molar-refractivity contribution in [2.45, 2.75) is 0 Å². The SMILES string of the molecule is c1ccc(-c2nc(-c3ccc(-n4c5ccccc5c5cc(-c6ccc(-c7ccc8c(c7)c7ccccc7n8-c7ccccc7)cc6)ccc54)cc3)nc3ccccc23)cc1.c1ccc(-c2nc(-c3ccc(-n4c5ccccc5c5cc(-c6ccc(-c7ccc8sc9ccccc9c8c7)cc6)ccc54)cc3)nc3ccccc23)cc1. The third-order valence-electron chi connectivity index (χ3n) is 22.6. The molecule has 0 saturated carbocycles. The van der Waals surface area contributed by atoms with Crippen molar-refractivity contribution < 1.29 is 0 Å². The third kappa shape index (κ3) is 11.5. The summed E-state index contributed by atoms with van der Waals surface area (Å²) in [5.41, 5.74) is 28.0. The first-order chi connectivity index (χ1) is 56.5. The normalized spacial score (nSPS) is 11.7. The smallest absolute Gasteiger partial charge is 0.160 e. The lowest BCUT2D eigenvalue weighted by Crippen LogP contribution is -1.97. The fraction of sp³-hybridized carbons (Fsp3) is 0. The molecule has 0 aliphatic carbocycles. The predicted octanol–water partition coefficient (Wildman–Crippen LogP) is 28.3. The first-order valence-corrected chi connectivity index (χ1v) is 39.5. The Bertz CT molecular complexity index is 7670. The van der Waals surface area contributed by atoms with E-state index in [0.717, 1.165) is 72.6 Å². The lowest BCUT2D eigenvalue weighted by Gasteiger charge is -2.11. The molecule has 0 N–H and O–H groups in total. The standard InChI is InChI=1S/C56H36N4.C50H31N3S/c1-3-13-39(14-4-1)55-47-19-7-10-20-50(47)57-56(58-55)40-27-31-44(32-28-40)60-52-22-12-9-18-46(52)49-36-42(30-34-54(49)60)38-25-23-37(24-26-38)41-29-33-53-48(35-41)45-17-8-11-21-51(45)59(53)43-15-5-2-6-16-43;1-2-10-34(11-3-1)49-41-14-4-7-15-44(41)51-50(52-49)35-22-26-38(27-23-35)53-45-16-8-5-12-39(45)42-30-36(24-28-46(42)53)32-18-20-33(21-19-32)37-25-29-48-43(31-37)40-13-6-9-17-47(40)54-48/h1-36H;1-31H. The minimum atomic E-state index is 0.716. The third-order valence-corrected chi connectivity index (χ3v) is 23.7. The molecule has 0 fully saturated rings. The van der Waals surface area contributed by atoms with E-state index in [1.54, 1.807) is 0 Å². The summed E-state index contributed by atoms with van der Waals surface area (Å²) in [5.74, 6) is 1.44. The zero-order chi connectivity index (χ0) is 75.2. The minimum absolute atomic E-state index is 0.716. The number of fused-ring (bicyclic) bond motifs is 14. The Labute approximate surface area is 661 Å². The van der Waals surface area contributed by atoms with E-state index in [0.29, 0.717) is 5.82 Å². The van der Waals surface area contributed by atoms with Crippen LogP contribution in [0.2, 0.25) is 0 Å². The van der Waals surface area contributed by atoms with Gasteiger partial charge >= 0.3 is 0 Å². The average Bonchev–Trinajstić information content (AvgIpc) is 1.58.